The number of pyridine rings is 2. The molecule has 0 spiro atoms. The van der Waals surface area contributed by atoms with Gasteiger partial charge in [0.1, 0.15) is 17.3 Å². The average molecular weight is 374 g/mol. The van der Waals surface area contributed by atoms with Gasteiger partial charge >= 0.3 is 0 Å². The van der Waals surface area contributed by atoms with Gasteiger partial charge in [0.25, 0.3) is 0 Å². The highest BCUT2D eigenvalue weighted by atomic mass is 16.5. The first-order valence-corrected chi connectivity index (χ1v) is 9.41. The minimum absolute atomic E-state index is 0.125. The number of ether oxygens (including phenoxy) is 1. The fourth-order valence-corrected chi connectivity index (χ4v) is 3.86. The van der Waals surface area contributed by atoms with E-state index in [0.717, 1.165) is 40.3 Å². The third kappa shape index (κ3) is 2.75. The van der Waals surface area contributed by atoms with Gasteiger partial charge in [-0.05, 0) is 49.2 Å². The van der Waals surface area contributed by atoms with E-state index >= 15 is 0 Å². The molecule has 5 rings (SSSR count). The Kier molecular flexibility index (Phi) is 3.91. The maximum absolute atomic E-state index is 5.71. The zero-order valence-corrected chi connectivity index (χ0v) is 16.0. The topological polar surface area (TPSA) is 71.9 Å². The molecule has 5 heterocycles. The van der Waals surface area contributed by atoms with E-state index in [1.807, 2.05) is 41.4 Å². The molecule has 28 heavy (non-hydrogen) atoms. The molecule has 1 saturated heterocycles. The van der Waals surface area contributed by atoms with E-state index < -0.39 is 0 Å². The molecule has 7 nitrogen and oxygen atoms in total. The van der Waals surface area contributed by atoms with Crippen LogP contribution in [0.25, 0.3) is 28.0 Å². The normalized spacial score (nSPS) is 16.6. The van der Waals surface area contributed by atoms with Crippen molar-refractivity contribution >= 4 is 16.9 Å². The Balaban J connectivity index is 1.76. The van der Waals surface area contributed by atoms with Gasteiger partial charge in [0, 0.05) is 36.6 Å². The van der Waals surface area contributed by atoms with Crippen molar-refractivity contribution in [2.45, 2.75) is 19.4 Å². The van der Waals surface area contributed by atoms with Crippen LogP contribution in [0, 0.1) is 0 Å². The Morgan fingerprint density at radius 2 is 1.96 bits per heavy atom. The average Bonchev–Trinajstić information content (AvgIpc) is 3.37. The molecule has 1 N–H and O–H groups in total. The van der Waals surface area contributed by atoms with Gasteiger partial charge in [-0.15, -0.1) is 0 Å². The molecule has 0 saturated carbocycles. The Hall–Kier alpha value is -3.19. The van der Waals surface area contributed by atoms with E-state index in [4.69, 9.17) is 9.72 Å². The van der Waals surface area contributed by atoms with E-state index in [9.17, 15) is 0 Å². The number of nitrogens with zero attached hydrogens (tertiary/aromatic N) is 5. The van der Waals surface area contributed by atoms with Gasteiger partial charge < -0.3 is 9.64 Å². The summed E-state index contributed by atoms with van der Waals surface area (Å²) >= 11 is 0. The van der Waals surface area contributed by atoms with Gasteiger partial charge in [-0.3, -0.25) is 14.6 Å². The second-order valence-electron chi connectivity index (χ2n) is 7.65. The van der Waals surface area contributed by atoms with E-state index in [0.29, 0.717) is 13.2 Å². The quantitative estimate of drug-likeness (QED) is 0.595. The number of hydrogen-bond donors (Lipinski definition) is 1. The number of aromatic nitrogens is 5. The molecule has 0 amide bonds. The van der Waals surface area contributed by atoms with E-state index in [1.54, 1.807) is 6.20 Å². The van der Waals surface area contributed by atoms with Crippen LogP contribution in [0.3, 0.4) is 0 Å². The van der Waals surface area contributed by atoms with Crippen molar-refractivity contribution in [2.75, 3.05) is 24.7 Å². The fraction of sp³-hybridized carbons (Fsp3) is 0.286. The molecular weight excluding hydrogens is 352 g/mol. The Morgan fingerprint density at radius 3 is 2.71 bits per heavy atom. The summed E-state index contributed by atoms with van der Waals surface area (Å²) in [5.41, 5.74) is 3.04. The number of nitrogens with one attached hydrogen (secondary N) is 1. The Morgan fingerprint density at radius 1 is 1.11 bits per heavy atom. The summed E-state index contributed by atoms with van der Waals surface area (Å²) in [6.45, 7) is 6.58. The molecule has 4 aromatic heterocycles. The molecule has 1 aliphatic rings. The third-order valence-corrected chi connectivity index (χ3v) is 5.30. The predicted octanol–water partition coefficient (Wildman–Crippen LogP) is 3.43. The first kappa shape index (κ1) is 16.9. The van der Waals surface area contributed by atoms with Crippen molar-refractivity contribution in [3.8, 4) is 16.9 Å². The second kappa shape index (κ2) is 6.45. The minimum atomic E-state index is -0.125. The molecule has 0 radical (unpaired) electrons. The van der Waals surface area contributed by atoms with Gasteiger partial charge in [-0.1, -0.05) is 0 Å². The zero-order chi connectivity index (χ0) is 19.1. The van der Waals surface area contributed by atoms with Crippen molar-refractivity contribution in [1.82, 2.24) is 24.7 Å². The molecule has 4 aromatic rings. The lowest BCUT2D eigenvalue weighted by Crippen LogP contribution is -2.53. The van der Waals surface area contributed by atoms with Crippen LogP contribution in [0.4, 0.5) is 5.82 Å². The van der Waals surface area contributed by atoms with Crippen LogP contribution < -0.4 is 4.90 Å². The predicted molar refractivity (Wildman–Crippen MR) is 109 cm³/mol. The minimum Gasteiger partial charge on any atom is -0.377 e. The number of H-pyrrole nitrogens is 1. The summed E-state index contributed by atoms with van der Waals surface area (Å²) in [5, 5.41) is 8.22. The summed E-state index contributed by atoms with van der Waals surface area (Å²) in [6.07, 6.45) is 7.43. The number of anilines is 1. The monoisotopic (exact) mass is 374 g/mol. The molecule has 0 unspecified atom stereocenters. The number of hydrogen-bond acceptors (Lipinski definition) is 5. The summed E-state index contributed by atoms with van der Waals surface area (Å²) < 4.78 is 7.76. The number of morpholine rings is 1. The van der Waals surface area contributed by atoms with Gasteiger partial charge in [0.15, 0.2) is 0 Å². The summed E-state index contributed by atoms with van der Waals surface area (Å²) in [6, 6.07) is 10.3. The molecule has 0 atom stereocenters. The summed E-state index contributed by atoms with van der Waals surface area (Å²) in [4.78, 5) is 11.6. The lowest BCUT2D eigenvalue weighted by Gasteiger charge is -2.43. The molecule has 0 bridgehead atoms. The molecule has 142 valence electrons. The number of fused-ring (bicyclic) bond motifs is 1. The van der Waals surface area contributed by atoms with Crippen LogP contribution >= 0.6 is 0 Å². The molecular formula is C21H22N6O. The van der Waals surface area contributed by atoms with E-state index in [1.165, 1.54) is 0 Å². The van der Waals surface area contributed by atoms with Crippen LogP contribution in [-0.4, -0.2) is 50.0 Å². The SMILES string of the molecule is CC1(C)COCCN1c1cc(-c2ccncc2)c2ccn(-c3ccn[nH]3)c2n1. The van der Waals surface area contributed by atoms with Gasteiger partial charge in [0.2, 0.25) is 0 Å². The molecule has 1 fully saturated rings. The molecule has 0 aromatic carbocycles. The largest absolute Gasteiger partial charge is 0.377 e. The van der Waals surface area contributed by atoms with Crippen molar-refractivity contribution in [2.24, 2.45) is 0 Å². The van der Waals surface area contributed by atoms with Gasteiger partial charge in [-0.2, -0.15) is 5.10 Å². The van der Waals surface area contributed by atoms with Crippen LogP contribution in [0.1, 0.15) is 13.8 Å². The Bertz CT molecular complexity index is 1100. The number of rotatable bonds is 3. The highest BCUT2D eigenvalue weighted by Gasteiger charge is 2.32. The van der Waals surface area contributed by atoms with Crippen molar-refractivity contribution < 1.29 is 4.74 Å². The van der Waals surface area contributed by atoms with Crippen molar-refractivity contribution in [1.29, 1.82) is 0 Å². The van der Waals surface area contributed by atoms with Crippen molar-refractivity contribution in [3.63, 3.8) is 0 Å². The number of aromatic amines is 1. The molecule has 0 aliphatic carbocycles. The van der Waals surface area contributed by atoms with Crippen LogP contribution in [0.2, 0.25) is 0 Å². The summed E-state index contributed by atoms with van der Waals surface area (Å²) in [5.74, 6) is 1.84. The highest BCUT2D eigenvalue weighted by Crippen LogP contribution is 2.35. The van der Waals surface area contributed by atoms with Crippen LogP contribution in [0.5, 0.6) is 0 Å². The van der Waals surface area contributed by atoms with Crippen LogP contribution in [-0.2, 0) is 4.74 Å². The van der Waals surface area contributed by atoms with Gasteiger partial charge in [-0.25, -0.2) is 4.98 Å². The fourth-order valence-electron chi connectivity index (χ4n) is 3.86. The molecule has 1 aliphatic heterocycles. The highest BCUT2D eigenvalue weighted by molar-refractivity contribution is 5.95. The summed E-state index contributed by atoms with van der Waals surface area (Å²) in [7, 11) is 0. The lowest BCUT2D eigenvalue weighted by molar-refractivity contribution is 0.0639. The standard InChI is InChI=1S/C21H22N6O/c1-21(2)14-28-12-11-27(21)19-13-17(15-3-7-22-8-4-15)16-6-10-26(20(16)24-19)18-5-9-23-25-18/h3-10,13H,11-12,14H2,1-2H3,(H,23,25). The first-order chi connectivity index (χ1) is 13.6. The van der Waals surface area contributed by atoms with Crippen LogP contribution in [0.15, 0.2) is 55.1 Å². The Labute approximate surface area is 163 Å². The van der Waals surface area contributed by atoms with E-state index in [2.05, 4.69) is 46.1 Å². The molecule has 7 heteroatoms. The lowest BCUT2D eigenvalue weighted by atomic mass is 10.0. The zero-order valence-electron chi connectivity index (χ0n) is 16.0. The second-order valence-corrected chi connectivity index (χ2v) is 7.65. The first-order valence-electron chi connectivity index (χ1n) is 9.41. The van der Waals surface area contributed by atoms with E-state index in [-0.39, 0.29) is 5.54 Å². The van der Waals surface area contributed by atoms with Gasteiger partial charge in [0.05, 0.1) is 24.9 Å². The maximum atomic E-state index is 5.71. The smallest absolute Gasteiger partial charge is 0.148 e. The maximum Gasteiger partial charge on any atom is 0.148 e. The van der Waals surface area contributed by atoms with Crippen molar-refractivity contribution in [3.05, 3.63) is 55.1 Å². The third-order valence-electron chi connectivity index (χ3n) is 5.30.